The van der Waals surface area contributed by atoms with Gasteiger partial charge >= 0.3 is 0 Å². The Morgan fingerprint density at radius 3 is 2.24 bits per heavy atom. The highest BCUT2D eigenvalue weighted by atomic mass is 32.2. The van der Waals surface area contributed by atoms with Gasteiger partial charge in [-0.25, -0.2) is 8.42 Å². The number of nitrogens with one attached hydrogen (secondary N) is 1. The molecule has 0 fully saturated rings. The van der Waals surface area contributed by atoms with Crippen LogP contribution in [0.2, 0.25) is 0 Å². The van der Waals surface area contributed by atoms with E-state index in [1.165, 1.54) is 26.3 Å². The van der Waals surface area contributed by atoms with Crippen LogP contribution in [0.4, 0.5) is 0 Å². The number of amides is 1. The lowest BCUT2D eigenvalue weighted by molar-refractivity contribution is -0.121. The van der Waals surface area contributed by atoms with E-state index in [9.17, 15) is 13.2 Å². The van der Waals surface area contributed by atoms with Crippen molar-refractivity contribution in [3.8, 4) is 5.75 Å². The third-order valence-corrected chi connectivity index (χ3v) is 5.56. The van der Waals surface area contributed by atoms with Gasteiger partial charge in [0.2, 0.25) is 15.9 Å². The highest BCUT2D eigenvalue weighted by molar-refractivity contribution is 7.89. The van der Waals surface area contributed by atoms with Crippen molar-refractivity contribution in [1.82, 2.24) is 9.62 Å². The van der Waals surface area contributed by atoms with Gasteiger partial charge in [0, 0.05) is 13.6 Å². The first kappa shape index (κ1) is 19.0. The molecule has 0 saturated heterocycles. The summed E-state index contributed by atoms with van der Waals surface area (Å²) in [6.07, 6.45) is 0. The monoisotopic (exact) mass is 362 g/mol. The second-order valence-corrected chi connectivity index (χ2v) is 7.74. The third kappa shape index (κ3) is 5.04. The molecule has 0 aromatic heterocycles. The quantitative estimate of drug-likeness (QED) is 0.817. The average Bonchev–Trinajstić information content (AvgIpc) is 2.61. The van der Waals surface area contributed by atoms with Gasteiger partial charge in [-0.1, -0.05) is 29.8 Å². The number of carbonyl (C=O) groups is 1. The van der Waals surface area contributed by atoms with Crippen LogP contribution in [0.3, 0.4) is 0 Å². The molecule has 25 heavy (non-hydrogen) atoms. The summed E-state index contributed by atoms with van der Waals surface area (Å²) in [7, 11) is -0.843. The Labute approximate surface area is 148 Å². The largest absolute Gasteiger partial charge is 0.497 e. The van der Waals surface area contributed by atoms with Crippen molar-refractivity contribution in [1.29, 1.82) is 0 Å². The maximum absolute atomic E-state index is 12.5. The molecule has 0 radical (unpaired) electrons. The molecule has 0 spiro atoms. The first-order valence-corrected chi connectivity index (χ1v) is 9.19. The molecule has 0 bridgehead atoms. The molecule has 0 unspecified atom stereocenters. The SMILES string of the molecule is COc1ccc(S(=O)(=O)N(C)CC(=O)NCc2ccc(C)cc2)cc1. The van der Waals surface area contributed by atoms with Gasteiger partial charge in [-0.05, 0) is 36.8 Å². The fourth-order valence-corrected chi connectivity index (χ4v) is 3.30. The molecule has 0 aliphatic carbocycles. The molecule has 0 atom stereocenters. The van der Waals surface area contributed by atoms with E-state index in [1.54, 1.807) is 12.1 Å². The Hall–Kier alpha value is -2.38. The number of carbonyl (C=O) groups excluding carboxylic acids is 1. The smallest absolute Gasteiger partial charge is 0.243 e. The molecule has 6 nitrogen and oxygen atoms in total. The molecule has 0 heterocycles. The van der Waals surface area contributed by atoms with Crippen molar-refractivity contribution in [2.45, 2.75) is 18.4 Å². The van der Waals surface area contributed by atoms with Crippen LogP contribution in [0.5, 0.6) is 5.75 Å². The minimum absolute atomic E-state index is 0.113. The number of ether oxygens (including phenoxy) is 1. The van der Waals surface area contributed by atoms with Gasteiger partial charge < -0.3 is 10.1 Å². The molecule has 1 N–H and O–H groups in total. The molecule has 2 aromatic rings. The standard InChI is InChI=1S/C18H22N2O4S/c1-14-4-6-15(7-5-14)12-19-18(21)13-20(2)25(22,23)17-10-8-16(24-3)9-11-17/h4-11H,12-13H2,1-3H3,(H,19,21). The fraction of sp³-hybridized carbons (Fsp3) is 0.278. The first-order chi connectivity index (χ1) is 11.8. The van der Waals surface area contributed by atoms with Crippen LogP contribution in [0.15, 0.2) is 53.4 Å². The molecule has 0 aliphatic rings. The van der Waals surface area contributed by atoms with E-state index >= 15 is 0 Å². The molecule has 0 aliphatic heterocycles. The summed E-state index contributed by atoms with van der Waals surface area (Å²) in [5, 5.41) is 2.73. The lowest BCUT2D eigenvalue weighted by Gasteiger charge is -2.17. The van der Waals surface area contributed by atoms with Crippen LogP contribution in [-0.2, 0) is 21.4 Å². The lowest BCUT2D eigenvalue weighted by Crippen LogP contribution is -2.38. The van der Waals surface area contributed by atoms with Gasteiger partial charge in [0.15, 0.2) is 0 Å². The lowest BCUT2D eigenvalue weighted by atomic mass is 10.1. The highest BCUT2D eigenvalue weighted by Crippen LogP contribution is 2.18. The minimum Gasteiger partial charge on any atom is -0.497 e. The molecule has 2 rings (SSSR count). The highest BCUT2D eigenvalue weighted by Gasteiger charge is 2.22. The fourth-order valence-electron chi connectivity index (χ4n) is 2.18. The number of sulfonamides is 1. The number of hydrogen-bond donors (Lipinski definition) is 1. The number of benzene rings is 2. The second-order valence-electron chi connectivity index (χ2n) is 5.70. The van der Waals surface area contributed by atoms with Crippen molar-refractivity contribution >= 4 is 15.9 Å². The maximum Gasteiger partial charge on any atom is 0.243 e. The Bertz CT molecular complexity index is 815. The van der Waals surface area contributed by atoms with Crippen LogP contribution in [0.1, 0.15) is 11.1 Å². The van der Waals surface area contributed by atoms with Crippen molar-refractivity contribution in [2.24, 2.45) is 0 Å². The van der Waals surface area contributed by atoms with E-state index < -0.39 is 10.0 Å². The van der Waals surface area contributed by atoms with Crippen LogP contribution in [0, 0.1) is 6.92 Å². The van der Waals surface area contributed by atoms with E-state index in [1.807, 2.05) is 31.2 Å². The molecule has 134 valence electrons. The van der Waals surface area contributed by atoms with Gasteiger partial charge in [0.1, 0.15) is 5.75 Å². The molecular weight excluding hydrogens is 340 g/mol. The zero-order valence-corrected chi connectivity index (χ0v) is 15.3. The Morgan fingerprint density at radius 2 is 1.68 bits per heavy atom. The summed E-state index contributed by atoms with van der Waals surface area (Å²) in [5.41, 5.74) is 2.10. The van der Waals surface area contributed by atoms with E-state index in [0.29, 0.717) is 12.3 Å². The predicted molar refractivity (Wildman–Crippen MR) is 95.8 cm³/mol. The summed E-state index contributed by atoms with van der Waals surface area (Å²) in [5.74, 6) is 0.206. The van der Waals surface area contributed by atoms with E-state index in [0.717, 1.165) is 15.4 Å². The molecule has 7 heteroatoms. The summed E-state index contributed by atoms with van der Waals surface area (Å²) >= 11 is 0. The number of aryl methyl sites for hydroxylation is 1. The second kappa shape index (κ2) is 8.13. The summed E-state index contributed by atoms with van der Waals surface area (Å²) in [6, 6.07) is 13.8. The van der Waals surface area contributed by atoms with Crippen LogP contribution in [0.25, 0.3) is 0 Å². The van der Waals surface area contributed by atoms with Gasteiger partial charge in [-0.3, -0.25) is 4.79 Å². The Morgan fingerprint density at radius 1 is 1.08 bits per heavy atom. The van der Waals surface area contributed by atoms with Gasteiger partial charge in [0.25, 0.3) is 0 Å². The number of rotatable bonds is 7. The molecule has 0 saturated carbocycles. The average molecular weight is 362 g/mol. The number of nitrogens with zero attached hydrogens (tertiary/aromatic N) is 1. The van der Waals surface area contributed by atoms with Crippen LogP contribution < -0.4 is 10.1 Å². The summed E-state index contributed by atoms with van der Waals surface area (Å²) in [4.78, 5) is 12.1. The van der Waals surface area contributed by atoms with Crippen molar-refractivity contribution in [3.63, 3.8) is 0 Å². The number of likely N-dealkylation sites (N-methyl/N-ethyl adjacent to an activating group) is 1. The zero-order chi connectivity index (χ0) is 18.4. The normalized spacial score (nSPS) is 11.4. The van der Waals surface area contributed by atoms with E-state index in [2.05, 4.69) is 5.32 Å². The maximum atomic E-state index is 12.5. The minimum atomic E-state index is -3.73. The number of methoxy groups -OCH3 is 1. The van der Waals surface area contributed by atoms with Crippen LogP contribution in [-0.4, -0.2) is 39.3 Å². The predicted octanol–water partition coefficient (Wildman–Crippen LogP) is 1.94. The van der Waals surface area contributed by atoms with Crippen molar-refractivity contribution in [2.75, 3.05) is 20.7 Å². The van der Waals surface area contributed by atoms with Crippen molar-refractivity contribution < 1.29 is 17.9 Å². The van der Waals surface area contributed by atoms with Crippen molar-refractivity contribution in [3.05, 3.63) is 59.7 Å². The Kier molecular flexibility index (Phi) is 6.17. The first-order valence-electron chi connectivity index (χ1n) is 7.75. The van der Waals surface area contributed by atoms with E-state index in [-0.39, 0.29) is 17.3 Å². The van der Waals surface area contributed by atoms with Gasteiger partial charge in [0.05, 0.1) is 18.6 Å². The summed E-state index contributed by atoms with van der Waals surface area (Å²) in [6.45, 7) is 2.09. The molecular formula is C18H22N2O4S. The summed E-state index contributed by atoms with van der Waals surface area (Å²) < 4.78 is 31.0. The van der Waals surface area contributed by atoms with E-state index in [4.69, 9.17) is 4.74 Å². The third-order valence-electron chi connectivity index (χ3n) is 3.74. The molecule has 2 aromatic carbocycles. The van der Waals surface area contributed by atoms with Gasteiger partial charge in [-0.15, -0.1) is 0 Å². The van der Waals surface area contributed by atoms with Gasteiger partial charge in [-0.2, -0.15) is 4.31 Å². The van der Waals surface area contributed by atoms with Crippen LogP contribution >= 0.6 is 0 Å². The Balaban J connectivity index is 1.95. The zero-order valence-electron chi connectivity index (χ0n) is 14.5. The molecule has 1 amide bonds. The topological polar surface area (TPSA) is 75.7 Å². The number of hydrogen-bond acceptors (Lipinski definition) is 4.